The Morgan fingerprint density at radius 2 is 1.88 bits per heavy atom. The summed E-state index contributed by atoms with van der Waals surface area (Å²) in [5.41, 5.74) is 2.91. The number of nitrogens with one attached hydrogen (secondary N) is 1. The highest BCUT2D eigenvalue weighted by atomic mass is 15.0. The van der Waals surface area contributed by atoms with Crippen LogP contribution in [0, 0.1) is 11.8 Å². The molecule has 0 amide bonds. The molecule has 1 aliphatic carbocycles. The second-order valence-electron chi connectivity index (χ2n) is 5.80. The average Bonchev–Trinajstić information content (AvgIpc) is 2.82. The van der Waals surface area contributed by atoms with Crippen molar-refractivity contribution in [2.45, 2.75) is 51.5 Å². The molecule has 1 nitrogen and oxygen atoms in total. The summed E-state index contributed by atoms with van der Waals surface area (Å²) in [4.78, 5) is 0. The van der Waals surface area contributed by atoms with Crippen LogP contribution < -0.4 is 5.32 Å². The summed E-state index contributed by atoms with van der Waals surface area (Å²) < 4.78 is 0. The standard InChI is InChI=1S/C16H23N/c1-2-12-7-9-13(10-8-12)16-11-14-5-3-4-6-15(14)17-16/h3-6,12-13,16-17H,2,7-11H2,1H3. The molecule has 0 aromatic heterocycles. The highest BCUT2D eigenvalue weighted by molar-refractivity contribution is 5.56. The van der Waals surface area contributed by atoms with E-state index in [1.807, 2.05) is 0 Å². The molecule has 0 saturated heterocycles. The van der Waals surface area contributed by atoms with Crippen molar-refractivity contribution in [1.29, 1.82) is 0 Å². The van der Waals surface area contributed by atoms with Crippen LogP contribution in [0.25, 0.3) is 0 Å². The molecule has 1 atom stereocenters. The summed E-state index contributed by atoms with van der Waals surface area (Å²) in [5, 5.41) is 3.74. The third-order valence-electron chi connectivity index (χ3n) is 4.84. The molecule has 1 aliphatic heterocycles. The molecule has 1 heterocycles. The van der Waals surface area contributed by atoms with Gasteiger partial charge in [-0.2, -0.15) is 0 Å². The quantitative estimate of drug-likeness (QED) is 0.800. The largest absolute Gasteiger partial charge is 0.381 e. The van der Waals surface area contributed by atoms with Gasteiger partial charge in [0, 0.05) is 11.7 Å². The Morgan fingerprint density at radius 3 is 2.59 bits per heavy atom. The van der Waals surface area contributed by atoms with Crippen molar-refractivity contribution >= 4 is 5.69 Å². The van der Waals surface area contributed by atoms with Crippen LogP contribution in [0.15, 0.2) is 24.3 Å². The highest BCUT2D eigenvalue weighted by Gasteiger charge is 2.30. The van der Waals surface area contributed by atoms with Crippen LogP contribution in [0.2, 0.25) is 0 Å². The van der Waals surface area contributed by atoms with E-state index >= 15 is 0 Å². The van der Waals surface area contributed by atoms with Crippen LogP contribution >= 0.6 is 0 Å². The molecule has 0 radical (unpaired) electrons. The summed E-state index contributed by atoms with van der Waals surface area (Å²) in [6.45, 7) is 2.34. The summed E-state index contributed by atoms with van der Waals surface area (Å²) in [6, 6.07) is 9.52. The summed E-state index contributed by atoms with van der Waals surface area (Å²) in [6.07, 6.45) is 8.41. The lowest BCUT2D eigenvalue weighted by molar-refractivity contribution is 0.248. The Balaban J connectivity index is 1.62. The van der Waals surface area contributed by atoms with E-state index in [2.05, 4.69) is 36.5 Å². The Hall–Kier alpha value is -0.980. The van der Waals surface area contributed by atoms with Gasteiger partial charge in [0.05, 0.1) is 0 Å². The van der Waals surface area contributed by atoms with Crippen molar-refractivity contribution in [1.82, 2.24) is 0 Å². The zero-order chi connectivity index (χ0) is 11.7. The highest BCUT2D eigenvalue weighted by Crippen LogP contribution is 2.37. The maximum Gasteiger partial charge on any atom is 0.0375 e. The van der Waals surface area contributed by atoms with Crippen molar-refractivity contribution < 1.29 is 0 Å². The smallest absolute Gasteiger partial charge is 0.0375 e. The van der Waals surface area contributed by atoms with E-state index in [0.717, 1.165) is 11.8 Å². The molecule has 3 rings (SSSR count). The first-order chi connectivity index (χ1) is 8.36. The maximum atomic E-state index is 3.74. The maximum absolute atomic E-state index is 3.74. The number of benzene rings is 1. The lowest BCUT2D eigenvalue weighted by Gasteiger charge is -2.32. The van der Waals surface area contributed by atoms with Gasteiger partial charge in [-0.25, -0.2) is 0 Å². The summed E-state index contributed by atoms with van der Waals surface area (Å²) >= 11 is 0. The van der Waals surface area contributed by atoms with E-state index < -0.39 is 0 Å². The minimum absolute atomic E-state index is 0.713. The number of rotatable bonds is 2. The van der Waals surface area contributed by atoms with Gasteiger partial charge in [-0.3, -0.25) is 0 Å². The molecule has 1 unspecified atom stereocenters. The zero-order valence-corrected chi connectivity index (χ0v) is 10.8. The van der Waals surface area contributed by atoms with Crippen molar-refractivity contribution in [2.75, 3.05) is 5.32 Å². The van der Waals surface area contributed by atoms with Crippen LogP contribution in [0.1, 0.15) is 44.6 Å². The van der Waals surface area contributed by atoms with Crippen LogP contribution in [-0.2, 0) is 6.42 Å². The SMILES string of the molecule is CCC1CCC(C2Cc3ccccc3N2)CC1. The van der Waals surface area contributed by atoms with Crippen molar-refractivity contribution in [3.63, 3.8) is 0 Å². The second kappa shape index (κ2) is 4.72. The number of para-hydroxylation sites is 1. The first kappa shape index (κ1) is 11.1. The van der Waals surface area contributed by atoms with E-state index in [0.29, 0.717) is 6.04 Å². The fourth-order valence-corrected chi connectivity index (χ4v) is 3.61. The van der Waals surface area contributed by atoms with Crippen LogP contribution in [0.4, 0.5) is 5.69 Å². The Morgan fingerprint density at radius 1 is 1.12 bits per heavy atom. The first-order valence-corrected chi connectivity index (χ1v) is 7.21. The van der Waals surface area contributed by atoms with Gasteiger partial charge < -0.3 is 5.32 Å². The predicted octanol–water partition coefficient (Wildman–Crippen LogP) is 4.24. The van der Waals surface area contributed by atoms with Gasteiger partial charge in [0.15, 0.2) is 0 Å². The minimum atomic E-state index is 0.713. The van der Waals surface area contributed by atoms with E-state index in [1.54, 1.807) is 0 Å². The van der Waals surface area contributed by atoms with Crippen LogP contribution in [-0.4, -0.2) is 6.04 Å². The lowest BCUT2D eigenvalue weighted by Crippen LogP contribution is -2.30. The molecule has 1 aromatic rings. The number of anilines is 1. The van der Waals surface area contributed by atoms with Gasteiger partial charge in [-0.1, -0.05) is 44.4 Å². The van der Waals surface area contributed by atoms with Crippen molar-refractivity contribution in [3.05, 3.63) is 29.8 Å². The van der Waals surface area contributed by atoms with Gasteiger partial charge in [0.25, 0.3) is 0 Å². The van der Waals surface area contributed by atoms with Crippen LogP contribution in [0.5, 0.6) is 0 Å². The average molecular weight is 229 g/mol. The third-order valence-corrected chi connectivity index (χ3v) is 4.84. The molecule has 1 fully saturated rings. The van der Waals surface area contributed by atoms with Gasteiger partial charge in [-0.15, -0.1) is 0 Å². The lowest BCUT2D eigenvalue weighted by atomic mass is 9.77. The van der Waals surface area contributed by atoms with E-state index in [9.17, 15) is 0 Å². The molecule has 0 spiro atoms. The second-order valence-corrected chi connectivity index (χ2v) is 5.80. The molecular weight excluding hydrogens is 206 g/mol. The van der Waals surface area contributed by atoms with Gasteiger partial charge in [-0.05, 0) is 42.7 Å². The third kappa shape index (κ3) is 2.20. The monoisotopic (exact) mass is 229 g/mol. The molecule has 0 bridgehead atoms. The fourth-order valence-electron chi connectivity index (χ4n) is 3.61. The fraction of sp³-hybridized carbons (Fsp3) is 0.625. The van der Waals surface area contributed by atoms with E-state index in [4.69, 9.17) is 0 Å². The predicted molar refractivity (Wildman–Crippen MR) is 73.3 cm³/mol. The molecule has 1 heteroatoms. The van der Waals surface area contributed by atoms with Gasteiger partial charge in [0.1, 0.15) is 0 Å². The minimum Gasteiger partial charge on any atom is -0.381 e. The molecular formula is C16H23N. The molecule has 1 aromatic carbocycles. The summed E-state index contributed by atoms with van der Waals surface area (Å²) in [7, 11) is 0. The normalized spacial score (nSPS) is 31.9. The number of fused-ring (bicyclic) bond motifs is 1. The molecule has 1 N–H and O–H groups in total. The molecule has 92 valence electrons. The Bertz CT molecular complexity index is 352. The Kier molecular flexibility index (Phi) is 3.09. The number of hydrogen-bond donors (Lipinski definition) is 1. The van der Waals surface area contributed by atoms with Crippen LogP contribution in [0.3, 0.4) is 0 Å². The topological polar surface area (TPSA) is 12.0 Å². The molecule has 1 saturated carbocycles. The Labute approximate surface area is 105 Å². The van der Waals surface area contributed by atoms with Crippen molar-refractivity contribution in [3.8, 4) is 0 Å². The van der Waals surface area contributed by atoms with Crippen molar-refractivity contribution in [2.24, 2.45) is 11.8 Å². The molecule has 17 heavy (non-hydrogen) atoms. The van der Waals surface area contributed by atoms with Gasteiger partial charge in [0.2, 0.25) is 0 Å². The van der Waals surface area contributed by atoms with Gasteiger partial charge >= 0.3 is 0 Å². The zero-order valence-electron chi connectivity index (χ0n) is 10.8. The molecule has 2 aliphatic rings. The van der Waals surface area contributed by atoms with E-state index in [1.165, 1.54) is 49.8 Å². The number of hydrogen-bond acceptors (Lipinski definition) is 1. The summed E-state index contributed by atoms with van der Waals surface area (Å²) in [5.74, 6) is 1.92. The first-order valence-electron chi connectivity index (χ1n) is 7.21. The van der Waals surface area contributed by atoms with E-state index in [-0.39, 0.29) is 0 Å².